The first-order valence-corrected chi connectivity index (χ1v) is 11.4. The van der Waals surface area contributed by atoms with Crippen molar-refractivity contribution in [3.8, 4) is 0 Å². The molecule has 0 radical (unpaired) electrons. The molecule has 1 saturated carbocycles. The van der Waals surface area contributed by atoms with Gasteiger partial charge < -0.3 is 5.32 Å². The van der Waals surface area contributed by atoms with Gasteiger partial charge in [0, 0.05) is 11.6 Å². The maximum absolute atomic E-state index is 15.4. The minimum absolute atomic E-state index is 0.0655. The van der Waals surface area contributed by atoms with Gasteiger partial charge in [-0.25, -0.2) is 21.6 Å². The molecule has 0 heterocycles. The summed E-state index contributed by atoms with van der Waals surface area (Å²) in [5, 5.41) is -0.764. The predicted octanol–water partition coefficient (Wildman–Crippen LogP) is 5.81. The molecular weight excluding hydrogens is 517 g/mol. The molecule has 1 amide bonds. The highest BCUT2D eigenvalue weighted by atomic mass is 32.2. The van der Waals surface area contributed by atoms with Crippen molar-refractivity contribution in [2.75, 3.05) is 0 Å². The van der Waals surface area contributed by atoms with Crippen molar-refractivity contribution in [3.05, 3.63) is 64.7 Å². The molecule has 35 heavy (non-hydrogen) atoms. The molecule has 14 heteroatoms. The molecule has 2 aromatic carbocycles. The van der Waals surface area contributed by atoms with Gasteiger partial charge in [-0.05, 0) is 62.1 Å². The van der Waals surface area contributed by atoms with E-state index < -0.39 is 85.2 Å². The third-order valence-electron chi connectivity index (χ3n) is 5.59. The van der Waals surface area contributed by atoms with Crippen LogP contribution < -0.4 is 5.32 Å². The van der Waals surface area contributed by atoms with E-state index in [1.54, 1.807) is 0 Å². The molecule has 0 aromatic heterocycles. The van der Waals surface area contributed by atoms with Crippen molar-refractivity contribution >= 4 is 15.7 Å². The summed E-state index contributed by atoms with van der Waals surface area (Å²) >= 11 is 0. The molecule has 0 bridgehead atoms. The number of hydrogen-bond acceptors (Lipinski definition) is 3. The number of hydrogen-bond donors (Lipinski definition) is 1. The van der Waals surface area contributed by atoms with Gasteiger partial charge >= 0.3 is 12.4 Å². The van der Waals surface area contributed by atoms with Gasteiger partial charge in [0.15, 0.2) is 0 Å². The number of carbonyl (C=O) groups is 1. The minimum Gasteiger partial charge on any atom is -0.349 e. The van der Waals surface area contributed by atoms with Crippen molar-refractivity contribution in [3.63, 3.8) is 0 Å². The van der Waals surface area contributed by atoms with Crippen LogP contribution in [-0.2, 0) is 22.2 Å². The predicted molar refractivity (Wildman–Crippen MR) is 104 cm³/mol. The van der Waals surface area contributed by atoms with Gasteiger partial charge in [-0.15, -0.1) is 0 Å². The lowest BCUT2D eigenvalue weighted by Crippen LogP contribution is -2.45. The van der Waals surface area contributed by atoms with E-state index in [1.165, 1.54) is 0 Å². The highest BCUT2D eigenvalue weighted by Gasteiger charge is 2.48. The van der Waals surface area contributed by atoms with Gasteiger partial charge in [-0.1, -0.05) is 0 Å². The van der Waals surface area contributed by atoms with Crippen LogP contribution in [0, 0.1) is 11.6 Å². The zero-order valence-corrected chi connectivity index (χ0v) is 18.2. The summed E-state index contributed by atoms with van der Waals surface area (Å²) in [6, 6.07) is 1.11. The first-order chi connectivity index (χ1) is 15.9. The van der Waals surface area contributed by atoms with Crippen molar-refractivity contribution < 1.29 is 52.7 Å². The molecule has 0 aliphatic heterocycles. The Morgan fingerprint density at radius 1 is 0.914 bits per heavy atom. The fraction of sp³-hybridized carbons (Fsp3) is 0.381. The zero-order chi connectivity index (χ0) is 26.4. The number of alkyl halides is 7. The van der Waals surface area contributed by atoms with E-state index >= 15 is 4.39 Å². The topological polar surface area (TPSA) is 63.2 Å². The van der Waals surface area contributed by atoms with Gasteiger partial charge in [0.1, 0.15) is 11.6 Å². The molecule has 0 atom stereocenters. The molecule has 1 aliphatic carbocycles. The third kappa shape index (κ3) is 5.57. The Bertz CT molecular complexity index is 1230. The Morgan fingerprint density at radius 2 is 1.51 bits per heavy atom. The summed E-state index contributed by atoms with van der Waals surface area (Å²) in [6.45, 7) is 0. The van der Waals surface area contributed by atoms with E-state index in [0.717, 1.165) is 6.07 Å². The number of sulfone groups is 1. The molecule has 0 unspecified atom stereocenters. The molecule has 4 nitrogen and oxygen atoms in total. The summed E-state index contributed by atoms with van der Waals surface area (Å²) in [4.78, 5) is 11.1. The molecule has 1 N–H and O–H groups in total. The summed E-state index contributed by atoms with van der Waals surface area (Å²) in [5.41, 5.74) is -3.82. The summed E-state index contributed by atoms with van der Waals surface area (Å²) in [6.07, 6.45) is -12.4. The van der Waals surface area contributed by atoms with Gasteiger partial charge in [-0.2, -0.15) is 26.3 Å². The van der Waals surface area contributed by atoms with Crippen LogP contribution >= 0.6 is 0 Å². The molecule has 192 valence electrons. The van der Waals surface area contributed by atoms with Gasteiger partial charge in [0.05, 0.1) is 16.0 Å². The molecule has 0 spiro atoms. The Balaban J connectivity index is 1.75. The van der Waals surface area contributed by atoms with Crippen LogP contribution in [0.25, 0.3) is 0 Å². The third-order valence-corrected chi connectivity index (χ3v) is 7.82. The number of amides is 1. The van der Waals surface area contributed by atoms with Crippen molar-refractivity contribution in [2.45, 2.75) is 54.0 Å². The lowest BCUT2D eigenvalue weighted by molar-refractivity contribution is -0.140. The maximum atomic E-state index is 15.4. The van der Waals surface area contributed by atoms with Gasteiger partial charge in [-0.3, -0.25) is 4.79 Å². The second-order valence-corrected chi connectivity index (χ2v) is 10.2. The normalized spacial score (nSPS) is 21.6. The molecule has 3 rings (SSSR count). The molecule has 2 aromatic rings. The van der Waals surface area contributed by atoms with Crippen LogP contribution in [0.3, 0.4) is 0 Å². The zero-order valence-electron chi connectivity index (χ0n) is 17.4. The van der Waals surface area contributed by atoms with Crippen LogP contribution in [0.2, 0.25) is 0 Å². The van der Waals surface area contributed by atoms with Crippen LogP contribution in [-0.4, -0.2) is 25.4 Å². The number of rotatable bonds is 4. The highest BCUT2D eigenvalue weighted by molar-refractivity contribution is 7.92. The van der Waals surface area contributed by atoms with Crippen molar-refractivity contribution in [1.82, 2.24) is 5.32 Å². The smallest absolute Gasteiger partial charge is 0.349 e. The monoisotopic (exact) mass is 533 g/mol. The van der Waals surface area contributed by atoms with E-state index in [1.807, 2.05) is 0 Å². The Hall–Kier alpha value is -2.77. The van der Waals surface area contributed by atoms with Gasteiger partial charge in [0.2, 0.25) is 14.8 Å². The van der Waals surface area contributed by atoms with E-state index in [4.69, 9.17) is 0 Å². The summed E-state index contributed by atoms with van der Waals surface area (Å²) in [5.74, 6) is -4.17. The SMILES string of the molecule is O=C(N[C@H]1CC[C@](F)(S(=O)(=O)c2cc(F)cc(C(F)(F)F)c2)CC1)c1ccc(F)c(C(F)(F)F)c1. The maximum Gasteiger partial charge on any atom is 0.419 e. The summed E-state index contributed by atoms with van der Waals surface area (Å²) < 4.78 is 145. The standard InChI is InChI=1S/C21H16F9NO3S/c22-13-8-12(20(25,26)27)9-15(10-13)35(33,34)19(24)5-3-14(4-6-19)31-18(32)11-1-2-17(23)16(7-11)21(28,29)30/h1-2,7-10,14H,3-6H2,(H,31,32)/t14-,19-. The lowest BCUT2D eigenvalue weighted by atomic mass is 9.93. The first-order valence-electron chi connectivity index (χ1n) is 9.93. The van der Waals surface area contributed by atoms with Crippen LogP contribution in [0.15, 0.2) is 41.3 Å². The van der Waals surface area contributed by atoms with E-state index in [9.17, 15) is 48.3 Å². The average Bonchev–Trinajstić information content (AvgIpc) is 2.73. The Labute approximate surface area is 193 Å². The molecule has 1 fully saturated rings. The van der Waals surface area contributed by atoms with Crippen LogP contribution in [0.4, 0.5) is 39.5 Å². The fourth-order valence-electron chi connectivity index (χ4n) is 3.71. The van der Waals surface area contributed by atoms with Crippen LogP contribution in [0.1, 0.15) is 47.2 Å². The van der Waals surface area contributed by atoms with Gasteiger partial charge in [0.25, 0.3) is 5.91 Å². The van der Waals surface area contributed by atoms with Crippen LogP contribution in [0.5, 0.6) is 0 Å². The first kappa shape index (κ1) is 26.8. The number of carbonyl (C=O) groups excluding carboxylic acids is 1. The van der Waals surface area contributed by atoms with Crippen molar-refractivity contribution in [1.29, 1.82) is 0 Å². The highest BCUT2D eigenvalue weighted by Crippen LogP contribution is 2.42. The van der Waals surface area contributed by atoms with E-state index in [2.05, 4.69) is 5.32 Å². The van der Waals surface area contributed by atoms with Crippen molar-refractivity contribution in [2.24, 2.45) is 0 Å². The Morgan fingerprint density at radius 3 is 2.06 bits per heavy atom. The minimum atomic E-state index is -5.08. The largest absolute Gasteiger partial charge is 0.419 e. The second kappa shape index (κ2) is 9.03. The summed E-state index contributed by atoms with van der Waals surface area (Å²) in [7, 11) is -5.08. The molecule has 1 aliphatic rings. The number of benzene rings is 2. The lowest BCUT2D eigenvalue weighted by Gasteiger charge is -2.34. The quantitative estimate of drug-likeness (QED) is 0.505. The fourth-order valence-corrected chi connectivity index (χ4v) is 5.45. The number of halogens is 9. The van der Waals surface area contributed by atoms with E-state index in [0.29, 0.717) is 12.1 Å². The Kier molecular flexibility index (Phi) is 6.92. The number of nitrogens with one attached hydrogen (secondary N) is 1. The average molecular weight is 533 g/mol. The second-order valence-electron chi connectivity index (χ2n) is 8.00. The molecule has 0 saturated heterocycles. The van der Waals surface area contributed by atoms with E-state index in [-0.39, 0.29) is 31.0 Å². The molecular formula is C21H16F9NO3S.